The van der Waals surface area contributed by atoms with Crippen molar-refractivity contribution in [2.75, 3.05) is 6.79 Å². The Morgan fingerprint density at radius 3 is 2.84 bits per heavy atom. The minimum atomic E-state index is -0.545. The van der Waals surface area contributed by atoms with Gasteiger partial charge in [-0.15, -0.1) is 0 Å². The quantitative estimate of drug-likeness (QED) is 0.359. The third-order valence-corrected chi connectivity index (χ3v) is 3.56. The van der Waals surface area contributed by atoms with Gasteiger partial charge in [-0.2, -0.15) is 0 Å². The van der Waals surface area contributed by atoms with E-state index < -0.39 is 10.9 Å². The lowest BCUT2D eigenvalue weighted by Crippen LogP contribution is -2.14. The number of nitro benzene ring substituents is 1. The van der Waals surface area contributed by atoms with E-state index in [1.807, 2.05) is 30.3 Å². The first-order chi connectivity index (χ1) is 12.1. The van der Waals surface area contributed by atoms with Crippen molar-refractivity contribution in [2.45, 2.75) is 13.2 Å². The largest absolute Gasteiger partial charge is 0.467 e. The summed E-state index contributed by atoms with van der Waals surface area (Å²) in [6.07, 6.45) is 2.94. The first kappa shape index (κ1) is 16.7. The third-order valence-electron chi connectivity index (χ3n) is 3.56. The van der Waals surface area contributed by atoms with Crippen LogP contribution < -0.4 is 4.74 Å². The molecular formula is C18H15NO6. The van der Waals surface area contributed by atoms with E-state index in [-0.39, 0.29) is 25.7 Å². The molecule has 7 heteroatoms. The highest BCUT2D eigenvalue weighted by atomic mass is 16.7. The number of benzene rings is 2. The maximum atomic E-state index is 11.9. The molecule has 0 saturated carbocycles. The van der Waals surface area contributed by atoms with Crippen LogP contribution in [0, 0.1) is 10.1 Å². The summed E-state index contributed by atoms with van der Waals surface area (Å²) in [5, 5.41) is 11.0. The topological polar surface area (TPSA) is 87.9 Å². The van der Waals surface area contributed by atoms with Crippen molar-refractivity contribution in [3.05, 3.63) is 75.3 Å². The number of esters is 1. The first-order valence-corrected chi connectivity index (χ1v) is 7.54. The second-order valence-corrected chi connectivity index (χ2v) is 5.31. The molecule has 1 aliphatic rings. The maximum absolute atomic E-state index is 11.9. The van der Waals surface area contributed by atoms with Crippen molar-refractivity contribution in [3.63, 3.8) is 0 Å². The molecule has 0 aromatic heterocycles. The highest BCUT2D eigenvalue weighted by molar-refractivity contribution is 5.87. The highest BCUT2D eigenvalue weighted by Crippen LogP contribution is 2.33. The minimum Gasteiger partial charge on any atom is -0.467 e. The molecule has 0 fully saturated rings. The third kappa shape index (κ3) is 4.21. The lowest BCUT2D eigenvalue weighted by molar-refractivity contribution is -0.385. The number of fused-ring (bicyclic) bond motifs is 1. The van der Waals surface area contributed by atoms with Crippen LogP contribution in [0.4, 0.5) is 5.69 Å². The van der Waals surface area contributed by atoms with Gasteiger partial charge in [0.25, 0.3) is 5.69 Å². The average molecular weight is 341 g/mol. The summed E-state index contributed by atoms with van der Waals surface area (Å²) in [5.74, 6) is -0.0761. The van der Waals surface area contributed by atoms with Crippen LogP contribution in [0.3, 0.4) is 0 Å². The van der Waals surface area contributed by atoms with Crippen LogP contribution in [0.15, 0.2) is 48.5 Å². The molecule has 25 heavy (non-hydrogen) atoms. The zero-order valence-electron chi connectivity index (χ0n) is 13.2. The van der Waals surface area contributed by atoms with Crippen molar-refractivity contribution >= 4 is 17.7 Å². The van der Waals surface area contributed by atoms with Gasteiger partial charge in [0.2, 0.25) is 0 Å². The molecule has 1 heterocycles. The molecule has 1 aliphatic heterocycles. The number of ether oxygens (including phenoxy) is 3. The van der Waals surface area contributed by atoms with Gasteiger partial charge in [-0.25, -0.2) is 4.79 Å². The number of rotatable bonds is 5. The fourth-order valence-corrected chi connectivity index (χ4v) is 2.42. The van der Waals surface area contributed by atoms with Crippen LogP contribution in [-0.4, -0.2) is 17.7 Å². The Labute approximate surface area is 143 Å². The zero-order chi connectivity index (χ0) is 17.6. The molecule has 2 aromatic rings. The number of carbonyl (C=O) groups is 1. The summed E-state index contributed by atoms with van der Waals surface area (Å²) in [4.78, 5) is 22.4. The lowest BCUT2D eigenvalue weighted by Gasteiger charge is -2.20. The Morgan fingerprint density at radius 2 is 2.08 bits per heavy atom. The Hall–Kier alpha value is -3.19. The van der Waals surface area contributed by atoms with Gasteiger partial charge in [0.1, 0.15) is 12.4 Å². The Bertz CT molecular complexity index is 816. The minimum absolute atomic E-state index is 0.0552. The van der Waals surface area contributed by atoms with Crippen molar-refractivity contribution in [1.82, 2.24) is 0 Å². The van der Waals surface area contributed by atoms with Crippen LogP contribution in [-0.2, 0) is 27.5 Å². The van der Waals surface area contributed by atoms with Crippen LogP contribution in [0.25, 0.3) is 6.08 Å². The van der Waals surface area contributed by atoms with Gasteiger partial charge >= 0.3 is 5.97 Å². The SMILES string of the molecule is O=C(C=Cc1ccccc1)OCc1cc([N+](=O)[O-])cc2c1OCOC2. The van der Waals surface area contributed by atoms with Crippen molar-refractivity contribution in [1.29, 1.82) is 0 Å². The van der Waals surface area contributed by atoms with Crippen LogP contribution in [0.2, 0.25) is 0 Å². The molecule has 0 spiro atoms. The molecule has 0 unspecified atom stereocenters. The van der Waals surface area contributed by atoms with Crippen LogP contribution >= 0.6 is 0 Å². The van der Waals surface area contributed by atoms with Gasteiger partial charge in [0.15, 0.2) is 6.79 Å². The van der Waals surface area contributed by atoms with E-state index in [0.717, 1.165) is 5.56 Å². The fourth-order valence-electron chi connectivity index (χ4n) is 2.42. The van der Waals surface area contributed by atoms with Crippen molar-refractivity contribution in [3.8, 4) is 5.75 Å². The molecule has 0 N–H and O–H groups in total. The molecule has 2 aromatic carbocycles. The monoisotopic (exact) mass is 341 g/mol. The number of nitro groups is 1. The number of carbonyl (C=O) groups excluding carboxylic acids is 1. The highest BCUT2D eigenvalue weighted by Gasteiger charge is 2.21. The summed E-state index contributed by atoms with van der Waals surface area (Å²) < 4.78 is 15.7. The van der Waals surface area contributed by atoms with E-state index in [2.05, 4.69) is 0 Å². The summed E-state index contributed by atoms with van der Waals surface area (Å²) in [6.45, 7) is 0.146. The van der Waals surface area contributed by atoms with Crippen molar-refractivity contribution in [2.24, 2.45) is 0 Å². The van der Waals surface area contributed by atoms with E-state index in [0.29, 0.717) is 16.9 Å². The first-order valence-electron chi connectivity index (χ1n) is 7.54. The fraction of sp³-hybridized carbons (Fsp3) is 0.167. The summed E-state index contributed by atoms with van der Waals surface area (Å²) in [6, 6.07) is 12.1. The molecule has 128 valence electrons. The Balaban J connectivity index is 1.72. The zero-order valence-corrected chi connectivity index (χ0v) is 13.2. The van der Waals surface area contributed by atoms with Crippen molar-refractivity contribution < 1.29 is 23.9 Å². The molecule has 0 saturated heterocycles. The molecule has 3 rings (SSSR count). The predicted octanol–water partition coefficient (Wildman–Crippen LogP) is 3.22. The lowest BCUT2D eigenvalue weighted by atomic mass is 10.1. The van der Waals surface area contributed by atoms with Crippen LogP contribution in [0.1, 0.15) is 16.7 Å². The van der Waals surface area contributed by atoms with Gasteiger partial charge in [0.05, 0.1) is 11.5 Å². The molecule has 0 bridgehead atoms. The molecular weight excluding hydrogens is 326 g/mol. The standard InChI is InChI=1S/C18H15NO6/c20-17(7-6-13-4-2-1-3-5-13)24-11-15-9-16(19(21)22)8-14-10-23-12-25-18(14)15/h1-9H,10-12H2. The molecule has 0 amide bonds. The number of nitrogens with zero attached hydrogens (tertiary/aromatic N) is 1. The Kier molecular flexibility index (Phi) is 5.06. The molecule has 0 aliphatic carbocycles. The summed E-state index contributed by atoms with van der Waals surface area (Å²) in [7, 11) is 0. The maximum Gasteiger partial charge on any atom is 0.331 e. The molecule has 0 atom stereocenters. The van der Waals surface area contributed by atoms with Gasteiger partial charge in [0, 0.05) is 29.3 Å². The number of non-ortho nitro benzene ring substituents is 1. The molecule has 7 nitrogen and oxygen atoms in total. The second-order valence-electron chi connectivity index (χ2n) is 5.31. The Morgan fingerprint density at radius 1 is 1.28 bits per heavy atom. The van der Waals surface area contributed by atoms with E-state index in [9.17, 15) is 14.9 Å². The normalized spacial score (nSPS) is 13.1. The second kappa shape index (κ2) is 7.59. The van der Waals surface area contributed by atoms with Gasteiger partial charge in [-0.3, -0.25) is 10.1 Å². The van der Waals surface area contributed by atoms with E-state index in [1.165, 1.54) is 18.2 Å². The number of hydrogen-bond donors (Lipinski definition) is 0. The predicted molar refractivity (Wildman–Crippen MR) is 88.7 cm³/mol. The molecule has 0 radical (unpaired) electrons. The summed E-state index contributed by atoms with van der Waals surface area (Å²) >= 11 is 0. The average Bonchev–Trinajstić information content (AvgIpc) is 2.65. The van der Waals surface area contributed by atoms with Gasteiger partial charge < -0.3 is 14.2 Å². The van der Waals surface area contributed by atoms with E-state index in [4.69, 9.17) is 14.2 Å². The smallest absolute Gasteiger partial charge is 0.331 e. The van der Waals surface area contributed by atoms with E-state index >= 15 is 0 Å². The van der Waals surface area contributed by atoms with E-state index in [1.54, 1.807) is 6.08 Å². The van der Waals surface area contributed by atoms with Gasteiger partial charge in [-0.1, -0.05) is 30.3 Å². The number of hydrogen-bond acceptors (Lipinski definition) is 6. The van der Waals surface area contributed by atoms with Gasteiger partial charge in [-0.05, 0) is 11.6 Å². The van der Waals surface area contributed by atoms with Crippen LogP contribution in [0.5, 0.6) is 5.75 Å². The summed E-state index contributed by atoms with van der Waals surface area (Å²) in [5.41, 5.74) is 1.77.